The third kappa shape index (κ3) is 3.59. The van der Waals surface area contributed by atoms with Gasteiger partial charge in [-0.15, -0.1) is 0 Å². The SMILES string of the molecule is Nc1ncccc1CN1C[C@@H]2CCOC[C@]2(C(=O)O)C1.O=CO. The van der Waals surface area contributed by atoms with E-state index < -0.39 is 11.4 Å². The number of hydrogen-bond donors (Lipinski definition) is 3. The van der Waals surface area contributed by atoms with Crippen LogP contribution in [0.25, 0.3) is 0 Å². The van der Waals surface area contributed by atoms with Crippen molar-refractivity contribution in [2.24, 2.45) is 11.3 Å². The molecule has 4 N–H and O–H groups in total. The summed E-state index contributed by atoms with van der Waals surface area (Å²) >= 11 is 0. The lowest BCUT2D eigenvalue weighted by molar-refractivity contribution is -0.159. The van der Waals surface area contributed by atoms with Gasteiger partial charge in [0.2, 0.25) is 0 Å². The zero-order chi connectivity index (χ0) is 16.9. The van der Waals surface area contributed by atoms with Crippen molar-refractivity contribution in [2.45, 2.75) is 13.0 Å². The quantitative estimate of drug-likeness (QED) is 0.678. The van der Waals surface area contributed by atoms with E-state index in [1.165, 1.54) is 0 Å². The van der Waals surface area contributed by atoms with Crippen LogP contribution in [0.2, 0.25) is 0 Å². The van der Waals surface area contributed by atoms with Gasteiger partial charge in [-0.05, 0) is 18.4 Å². The predicted molar refractivity (Wildman–Crippen MR) is 81.6 cm³/mol. The van der Waals surface area contributed by atoms with Crippen molar-refractivity contribution in [3.8, 4) is 0 Å². The van der Waals surface area contributed by atoms with E-state index >= 15 is 0 Å². The Balaban J connectivity index is 0.000000595. The lowest BCUT2D eigenvalue weighted by atomic mass is 9.76. The standard InChI is InChI=1S/C14H19N3O3.CH2O2/c15-12-10(2-1-4-16-12)6-17-7-11-3-5-20-9-14(11,8-17)13(18)19;2-1-3/h1-2,4,11H,3,5-9H2,(H2,15,16)(H,18,19);1H,(H,2,3)/t11-,14+;/m0./s1. The van der Waals surface area contributed by atoms with E-state index in [4.69, 9.17) is 20.4 Å². The summed E-state index contributed by atoms with van der Waals surface area (Å²) < 4.78 is 5.43. The molecule has 0 amide bonds. The Morgan fingerprint density at radius 2 is 2.35 bits per heavy atom. The maximum Gasteiger partial charge on any atom is 0.313 e. The van der Waals surface area contributed by atoms with Crippen LogP contribution in [0, 0.1) is 11.3 Å². The van der Waals surface area contributed by atoms with Gasteiger partial charge < -0.3 is 20.7 Å². The number of aromatic nitrogens is 1. The second kappa shape index (κ2) is 7.38. The van der Waals surface area contributed by atoms with E-state index in [0.717, 1.165) is 18.5 Å². The lowest BCUT2D eigenvalue weighted by Crippen LogP contribution is -2.46. The summed E-state index contributed by atoms with van der Waals surface area (Å²) in [7, 11) is 0. The fraction of sp³-hybridized carbons (Fsp3) is 0.533. The lowest BCUT2D eigenvalue weighted by Gasteiger charge is -2.34. The number of aliphatic carboxylic acids is 1. The number of carboxylic acids is 1. The van der Waals surface area contributed by atoms with Crippen LogP contribution < -0.4 is 5.73 Å². The van der Waals surface area contributed by atoms with Crippen LogP contribution in [0.5, 0.6) is 0 Å². The van der Waals surface area contributed by atoms with Crippen LogP contribution in [-0.4, -0.2) is 58.8 Å². The van der Waals surface area contributed by atoms with Gasteiger partial charge in [-0.1, -0.05) is 6.07 Å². The molecule has 126 valence electrons. The molecule has 2 saturated heterocycles. The second-order valence-electron chi connectivity index (χ2n) is 5.82. The summed E-state index contributed by atoms with van der Waals surface area (Å²) in [5, 5.41) is 16.5. The third-order valence-electron chi connectivity index (χ3n) is 4.48. The largest absolute Gasteiger partial charge is 0.483 e. The highest BCUT2D eigenvalue weighted by Gasteiger charge is 2.53. The number of carbonyl (C=O) groups is 2. The number of hydrogen-bond acceptors (Lipinski definition) is 6. The first-order chi connectivity index (χ1) is 11.0. The molecular weight excluding hydrogens is 302 g/mol. The van der Waals surface area contributed by atoms with Crippen LogP contribution in [0.4, 0.5) is 5.82 Å². The van der Waals surface area contributed by atoms with E-state index in [0.29, 0.717) is 32.1 Å². The Bertz CT molecular complexity index is 568. The number of nitrogens with two attached hydrogens (primary N) is 1. The van der Waals surface area contributed by atoms with Crippen LogP contribution in [-0.2, 0) is 20.9 Å². The molecule has 0 saturated carbocycles. The monoisotopic (exact) mass is 323 g/mol. The second-order valence-corrected chi connectivity index (χ2v) is 5.82. The molecule has 0 aromatic carbocycles. The Hall–Kier alpha value is -2.19. The van der Waals surface area contributed by atoms with Crippen molar-refractivity contribution in [3.63, 3.8) is 0 Å². The number of rotatable bonds is 3. The highest BCUT2D eigenvalue weighted by molar-refractivity contribution is 5.76. The van der Waals surface area contributed by atoms with Crippen molar-refractivity contribution in [1.29, 1.82) is 0 Å². The molecular formula is C15H21N3O5. The average molecular weight is 323 g/mol. The molecule has 0 bridgehead atoms. The fourth-order valence-corrected chi connectivity index (χ4v) is 3.34. The molecule has 0 unspecified atom stereocenters. The Kier molecular flexibility index (Phi) is 5.51. The molecule has 1 aromatic heterocycles. The van der Waals surface area contributed by atoms with Crippen LogP contribution in [0.15, 0.2) is 18.3 Å². The molecule has 3 heterocycles. The highest BCUT2D eigenvalue weighted by Crippen LogP contribution is 2.42. The zero-order valence-electron chi connectivity index (χ0n) is 12.7. The number of likely N-dealkylation sites (tertiary alicyclic amines) is 1. The van der Waals surface area contributed by atoms with E-state index in [9.17, 15) is 9.90 Å². The molecule has 0 spiro atoms. The predicted octanol–water partition coefficient (Wildman–Crippen LogP) is 0.288. The molecule has 0 radical (unpaired) electrons. The van der Waals surface area contributed by atoms with Gasteiger partial charge >= 0.3 is 5.97 Å². The van der Waals surface area contributed by atoms with Crippen molar-refractivity contribution in [2.75, 3.05) is 32.0 Å². The van der Waals surface area contributed by atoms with E-state index in [2.05, 4.69) is 9.88 Å². The molecule has 8 heteroatoms. The smallest absolute Gasteiger partial charge is 0.313 e. The number of nitrogens with zero attached hydrogens (tertiary/aromatic N) is 2. The minimum absolute atomic E-state index is 0.159. The fourth-order valence-electron chi connectivity index (χ4n) is 3.34. The maximum absolute atomic E-state index is 11.7. The first-order valence-electron chi connectivity index (χ1n) is 7.34. The number of fused-ring (bicyclic) bond motifs is 1. The first kappa shape index (κ1) is 17.2. The van der Waals surface area contributed by atoms with Crippen LogP contribution >= 0.6 is 0 Å². The Morgan fingerprint density at radius 3 is 2.96 bits per heavy atom. The summed E-state index contributed by atoms with van der Waals surface area (Å²) in [5.41, 5.74) is 6.06. The van der Waals surface area contributed by atoms with Gasteiger partial charge in [0.15, 0.2) is 0 Å². The molecule has 2 aliphatic heterocycles. The van der Waals surface area contributed by atoms with Crippen LogP contribution in [0.1, 0.15) is 12.0 Å². The van der Waals surface area contributed by atoms with E-state index in [1.807, 2.05) is 12.1 Å². The normalized spacial score (nSPS) is 26.7. The van der Waals surface area contributed by atoms with Crippen molar-refractivity contribution in [1.82, 2.24) is 9.88 Å². The average Bonchev–Trinajstić information content (AvgIpc) is 2.90. The zero-order valence-corrected chi connectivity index (χ0v) is 12.7. The summed E-state index contributed by atoms with van der Waals surface area (Å²) in [4.78, 5) is 26.3. The molecule has 3 rings (SSSR count). The minimum Gasteiger partial charge on any atom is -0.483 e. The molecule has 0 aliphatic carbocycles. The summed E-state index contributed by atoms with van der Waals surface area (Å²) in [6, 6.07) is 3.79. The van der Waals surface area contributed by atoms with Crippen molar-refractivity contribution >= 4 is 18.3 Å². The number of pyridine rings is 1. The van der Waals surface area contributed by atoms with Gasteiger partial charge in [-0.25, -0.2) is 4.98 Å². The third-order valence-corrected chi connectivity index (χ3v) is 4.48. The Labute approximate surface area is 133 Å². The number of nitrogen functional groups attached to an aromatic ring is 1. The number of ether oxygens (including phenoxy) is 1. The summed E-state index contributed by atoms with van der Waals surface area (Å²) in [6.45, 7) is 2.66. The van der Waals surface area contributed by atoms with Crippen molar-refractivity contribution in [3.05, 3.63) is 23.9 Å². The number of anilines is 1. The molecule has 1 aromatic rings. The van der Waals surface area contributed by atoms with Crippen molar-refractivity contribution < 1.29 is 24.5 Å². The minimum atomic E-state index is -0.755. The summed E-state index contributed by atoms with van der Waals surface area (Å²) in [6.07, 6.45) is 2.47. The van der Waals surface area contributed by atoms with Gasteiger partial charge in [0.1, 0.15) is 11.2 Å². The van der Waals surface area contributed by atoms with E-state index in [-0.39, 0.29) is 12.4 Å². The first-order valence-corrected chi connectivity index (χ1v) is 7.34. The van der Waals surface area contributed by atoms with Gasteiger partial charge in [0.25, 0.3) is 6.47 Å². The molecule has 2 fully saturated rings. The van der Waals surface area contributed by atoms with E-state index in [1.54, 1.807) is 6.20 Å². The topological polar surface area (TPSA) is 126 Å². The van der Waals surface area contributed by atoms with Gasteiger partial charge in [0, 0.05) is 38.0 Å². The number of carboxylic acid groups (broad SMARTS) is 2. The highest BCUT2D eigenvalue weighted by atomic mass is 16.5. The Morgan fingerprint density at radius 1 is 1.61 bits per heavy atom. The van der Waals surface area contributed by atoms with Gasteiger partial charge in [-0.2, -0.15) is 0 Å². The van der Waals surface area contributed by atoms with Crippen LogP contribution in [0.3, 0.4) is 0 Å². The maximum atomic E-state index is 11.7. The molecule has 2 atom stereocenters. The van der Waals surface area contributed by atoms with Gasteiger partial charge in [0.05, 0.1) is 6.61 Å². The molecule has 8 nitrogen and oxygen atoms in total. The molecule has 2 aliphatic rings. The summed E-state index contributed by atoms with van der Waals surface area (Å²) in [5.74, 6) is -0.0708. The van der Waals surface area contributed by atoms with Gasteiger partial charge in [-0.3, -0.25) is 14.5 Å². The molecule has 23 heavy (non-hydrogen) atoms.